The van der Waals surface area contributed by atoms with Gasteiger partial charge in [-0.15, -0.1) is 11.3 Å². The molecule has 2 nitrogen and oxygen atoms in total. The number of aliphatic hydroxyl groups excluding tert-OH is 1. The van der Waals surface area contributed by atoms with Crippen LogP contribution in [0.4, 0.5) is 0 Å². The van der Waals surface area contributed by atoms with Gasteiger partial charge in [-0.25, -0.2) is 0 Å². The zero-order valence-corrected chi connectivity index (χ0v) is 11.1. The lowest BCUT2D eigenvalue weighted by atomic mass is 10.0. The molecule has 0 aliphatic heterocycles. The highest BCUT2D eigenvalue weighted by atomic mass is 32.1. The normalized spacial score (nSPS) is 12.3. The van der Waals surface area contributed by atoms with E-state index in [4.69, 9.17) is 0 Å². The Morgan fingerprint density at radius 2 is 1.83 bits per heavy atom. The maximum Gasteiger partial charge on any atom is 0.170 e. The summed E-state index contributed by atoms with van der Waals surface area (Å²) >= 11 is 1.64. The second-order valence-corrected chi connectivity index (χ2v) is 5.43. The highest BCUT2D eigenvalue weighted by molar-refractivity contribution is 7.12. The lowest BCUT2D eigenvalue weighted by Crippen LogP contribution is -2.13. The van der Waals surface area contributed by atoms with Crippen LogP contribution in [-0.2, 0) is 17.6 Å². The van der Waals surface area contributed by atoms with Gasteiger partial charge >= 0.3 is 0 Å². The van der Waals surface area contributed by atoms with Gasteiger partial charge in [0.05, 0.1) is 0 Å². The van der Waals surface area contributed by atoms with E-state index in [1.807, 2.05) is 30.3 Å². The van der Waals surface area contributed by atoms with Crippen molar-refractivity contribution in [3.05, 3.63) is 57.8 Å². The van der Waals surface area contributed by atoms with E-state index in [2.05, 4.69) is 6.92 Å². The van der Waals surface area contributed by atoms with Gasteiger partial charge in [0.1, 0.15) is 6.10 Å². The third-order valence-electron chi connectivity index (χ3n) is 2.83. The predicted octanol–water partition coefficient (Wildman–Crippen LogP) is 3.16. The van der Waals surface area contributed by atoms with Crippen LogP contribution in [0.1, 0.15) is 28.3 Å². The number of benzene rings is 1. The molecule has 1 aromatic carbocycles. The molecular formula is C15H16O2S. The topological polar surface area (TPSA) is 37.3 Å². The average Bonchev–Trinajstić information content (AvgIpc) is 2.86. The van der Waals surface area contributed by atoms with Gasteiger partial charge in [0.15, 0.2) is 5.78 Å². The minimum atomic E-state index is -1.02. The van der Waals surface area contributed by atoms with Gasteiger partial charge in [-0.2, -0.15) is 0 Å². The van der Waals surface area contributed by atoms with Crippen molar-refractivity contribution in [1.29, 1.82) is 0 Å². The van der Waals surface area contributed by atoms with Crippen molar-refractivity contribution in [1.82, 2.24) is 0 Å². The molecule has 94 valence electrons. The van der Waals surface area contributed by atoms with Crippen LogP contribution in [0.25, 0.3) is 0 Å². The molecule has 1 unspecified atom stereocenters. The predicted molar refractivity (Wildman–Crippen MR) is 73.8 cm³/mol. The number of ketones is 1. The van der Waals surface area contributed by atoms with E-state index in [0.717, 1.165) is 11.3 Å². The van der Waals surface area contributed by atoms with E-state index in [1.54, 1.807) is 23.5 Å². The number of carbonyl (C=O) groups excluding carboxylic acids is 1. The standard InChI is InChI=1S/C15H16O2S/c1-2-12-8-9-13(18-12)10-14(16)15(17)11-6-4-3-5-7-11/h3-9,15,17H,2,10H2,1H3. The van der Waals surface area contributed by atoms with Crippen molar-refractivity contribution >= 4 is 17.1 Å². The molecule has 0 amide bonds. The Morgan fingerprint density at radius 1 is 1.17 bits per heavy atom. The Hall–Kier alpha value is -1.45. The van der Waals surface area contributed by atoms with E-state index < -0.39 is 6.10 Å². The van der Waals surface area contributed by atoms with Crippen molar-refractivity contribution in [2.75, 3.05) is 0 Å². The summed E-state index contributed by atoms with van der Waals surface area (Å²) in [6, 6.07) is 13.1. The summed E-state index contributed by atoms with van der Waals surface area (Å²) < 4.78 is 0. The molecule has 1 heterocycles. The number of Topliss-reactive ketones (excluding diaryl/α,β-unsaturated/α-hetero) is 1. The van der Waals surface area contributed by atoms with Gasteiger partial charge in [-0.05, 0) is 24.1 Å². The van der Waals surface area contributed by atoms with Crippen molar-refractivity contribution in [3.63, 3.8) is 0 Å². The van der Waals surface area contributed by atoms with Crippen molar-refractivity contribution in [3.8, 4) is 0 Å². The lowest BCUT2D eigenvalue weighted by molar-refractivity contribution is -0.126. The third kappa shape index (κ3) is 3.06. The molecule has 3 heteroatoms. The van der Waals surface area contributed by atoms with Gasteiger partial charge < -0.3 is 5.11 Å². The first-order valence-electron chi connectivity index (χ1n) is 6.04. The molecule has 1 aromatic heterocycles. The van der Waals surface area contributed by atoms with Crippen LogP contribution in [0.3, 0.4) is 0 Å². The first-order chi connectivity index (χ1) is 8.70. The molecule has 0 radical (unpaired) electrons. The van der Waals surface area contributed by atoms with Gasteiger partial charge in [-0.3, -0.25) is 4.79 Å². The first-order valence-corrected chi connectivity index (χ1v) is 6.85. The smallest absolute Gasteiger partial charge is 0.170 e. The number of aliphatic hydroxyl groups is 1. The van der Waals surface area contributed by atoms with E-state index in [0.29, 0.717) is 12.0 Å². The second kappa shape index (κ2) is 5.94. The fraction of sp³-hybridized carbons (Fsp3) is 0.267. The quantitative estimate of drug-likeness (QED) is 0.896. The van der Waals surface area contributed by atoms with E-state index in [1.165, 1.54) is 4.88 Å². The number of thiophene rings is 1. The molecule has 2 rings (SSSR count). The van der Waals surface area contributed by atoms with Crippen molar-refractivity contribution < 1.29 is 9.90 Å². The zero-order valence-electron chi connectivity index (χ0n) is 10.3. The van der Waals surface area contributed by atoms with Crippen LogP contribution in [0, 0.1) is 0 Å². The third-order valence-corrected chi connectivity index (χ3v) is 4.06. The first kappa shape index (κ1) is 13.0. The van der Waals surface area contributed by atoms with Gasteiger partial charge in [0, 0.05) is 16.2 Å². The molecule has 1 N–H and O–H groups in total. The van der Waals surface area contributed by atoms with Gasteiger partial charge in [0.2, 0.25) is 0 Å². The maximum atomic E-state index is 12.0. The number of rotatable bonds is 5. The van der Waals surface area contributed by atoms with Crippen LogP contribution in [-0.4, -0.2) is 10.9 Å². The molecule has 0 spiro atoms. The van der Waals surface area contributed by atoms with Gasteiger partial charge in [0.25, 0.3) is 0 Å². The molecule has 2 aromatic rings. The van der Waals surface area contributed by atoms with Crippen LogP contribution in [0.5, 0.6) is 0 Å². The fourth-order valence-corrected chi connectivity index (χ4v) is 2.76. The molecule has 0 aliphatic carbocycles. The number of hydrogen-bond donors (Lipinski definition) is 1. The summed E-state index contributed by atoms with van der Waals surface area (Å²) in [5.41, 5.74) is 0.662. The second-order valence-electron chi connectivity index (χ2n) is 4.18. The Kier molecular flexibility index (Phi) is 4.28. The minimum absolute atomic E-state index is 0.147. The Balaban J connectivity index is 2.04. The van der Waals surface area contributed by atoms with Crippen molar-refractivity contribution in [2.45, 2.75) is 25.9 Å². The van der Waals surface area contributed by atoms with E-state index in [-0.39, 0.29) is 5.78 Å². The Bertz CT molecular complexity index is 516. The van der Waals surface area contributed by atoms with Crippen molar-refractivity contribution in [2.24, 2.45) is 0 Å². The Labute approximate surface area is 111 Å². The van der Waals surface area contributed by atoms with E-state index in [9.17, 15) is 9.90 Å². The lowest BCUT2D eigenvalue weighted by Gasteiger charge is -2.08. The number of aryl methyl sites for hydroxylation is 1. The monoisotopic (exact) mass is 260 g/mol. The summed E-state index contributed by atoms with van der Waals surface area (Å²) in [5.74, 6) is -0.147. The number of hydrogen-bond acceptors (Lipinski definition) is 3. The summed E-state index contributed by atoms with van der Waals surface area (Å²) in [7, 11) is 0. The highest BCUT2D eigenvalue weighted by Crippen LogP contribution is 2.21. The average molecular weight is 260 g/mol. The summed E-state index contributed by atoms with van der Waals surface area (Å²) in [6.07, 6.45) is 0.277. The SMILES string of the molecule is CCc1ccc(CC(=O)C(O)c2ccccc2)s1. The van der Waals surface area contributed by atoms with E-state index >= 15 is 0 Å². The molecule has 0 saturated carbocycles. The minimum Gasteiger partial charge on any atom is -0.381 e. The molecule has 18 heavy (non-hydrogen) atoms. The highest BCUT2D eigenvalue weighted by Gasteiger charge is 2.17. The fourth-order valence-electron chi connectivity index (χ4n) is 1.80. The Morgan fingerprint density at radius 3 is 2.44 bits per heavy atom. The molecule has 1 atom stereocenters. The molecule has 0 aliphatic rings. The summed E-state index contributed by atoms with van der Waals surface area (Å²) in [5, 5.41) is 9.97. The van der Waals surface area contributed by atoms with Crippen LogP contribution in [0.15, 0.2) is 42.5 Å². The summed E-state index contributed by atoms with van der Waals surface area (Å²) in [4.78, 5) is 14.3. The van der Waals surface area contributed by atoms with Crippen LogP contribution in [0.2, 0.25) is 0 Å². The van der Waals surface area contributed by atoms with Crippen LogP contribution >= 0.6 is 11.3 Å². The summed E-state index contributed by atoms with van der Waals surface area (Å²) in [6.45, 7) is 2.09. The molecular weight excluding hydrogens is 244 g/mol. The molecule has 0 fully saturated rings. The molecule has 0 saturated heterocycles. The number of carbonyl (C=O) groups is 1. The van der Waals surface area contributed by atoms with Crippen LogP contribution < -0.4 is 0 Å². The molecule has 0 bridgehead atoms. The largest absolute Gasteiger partial charge is 0.381 e. The van der Waals surface area contributed by atoms with Gasteiger partial charge in [-0.1, -0.05) is 37.3 Å². The maximum absolute atomic E-state index is 12.0. The zero-order chi connectivity index (χ0) is 13.0.